The molecule has 0 radical (unpaired) electrons. The van der Waals surface area contributed by atoms with Crippen LogP contribution < -0.4 is 15.6 Å². The van der Waals surface area contributed by atoms with Crippen molar-refractivity contribution in [2.24, 2.45) is 0 Å². The van der Waals surface area contributed by atoms with Crippen molar-refractivity contribution in [1.29, 1.82) is 0 Å². The third-order valence-electron chi connectivity index (χ3n) is 2.44. The molecule has 0 spiro atoms. The van der Waals surface area contributed by atoms with E-state index in [1.807, 2.05) is 0 Å². The summed E-state index contributed by atoms with van der Waals surface area (Å²) < 4.78 is 6.52. The fourth-order valence-corrected chi connectivity index (χ4v) is 1.87. The van der Waals surface area contributed by atoms with E-state index in [0.717, 1.165) is 0 Å². The van der Waals surface area contributed by atoms with Crippen molar-refractivity contribution in [2.45, 2.75) is 6.67 Å². The molecule has 90 valence electrons. The summed E-state index contributed by atoms with van der Waals surface area (Å²) in [5.74, 6) is 0.540. The molecule has 1 aromatic heterocycles. The zero-order chi connectivity index (χ0) is 12.4. The molecule has 2 aromatic rings. The van der Waals surface area contributed by atoms with Crippen molar-refractivity contribution < 1.29 is 4.74 Å². The Balaban J connectivity index is 2.81. The predicted octanol–water partition coefficient (Wildman–Crippen LogP) is 1.24. The first-order valence-corrected chi connectivity index (χ1v) is 5.44. The molecule has 0 unspecified atom stereocenters. The lowest BCUT2D eigenvalue weighted by Gasteiger charge is -2.10. The summed E-state index contributed by atoms with van der Waals surface area (Å²) in [5.41, 5.74) is 0.297. The Kier molecular flexibility index (Phi) is 3.31. The highest BCUT2D eigenvalue weighted by molar-refractivity contribution is 6.28. The number of ether oxygens (including phenoxy) is 1. The van der Waals surface area contributed by atoms with E-state index in [2.05, 4.69) is 10.3 Å². The number of methoxy groups -OCH3 is 1. The predicted molar refractivity (Wildman–Crippen MR) is 66.6 cm³/mol. The molecule has 0 saturated carbocycles. The maximum absolute atomic E-state index is 12.2. The van der Waals surface area contributed by atoms with Gasteiger partial charge >= 0.3 is 0 Å². The first kappa shape index (κ1) is 11.9. The van der Waals surface area contributed by atoms with E-state index in [9.17, 15) is 4.79 Å². The van der Waals surface area contributed by atoms with E-state index < -0.39 is 0 Å². The molecule has 0 aliphatic heterocycles. The molecular weight excluding hydrogens is 242 g/mol. The lowest BCUT2D eigenvalue weighted by Crippen LogP contribution is -2.27. The van der Waals surface area contributed by atoms with Gasteiger partial charge in [0.1, 0.15) is 11.3 Å². The molecule has 1 N–H and O–H groups in total. The van der Waals surface area contributed by atoms with Crippen molar-refractivity contribution in [1.82, 2.24) is 14.9 Å². The first-order chi connectivity index (χ1) is 8.19. The molecular formula is C11H12ClN3O2. The van der Waals surface area contributed by atoms with Gasteiger partial charge in [-0.15, -0.1) is 0 Å². The zero-order valence-corrected chi connectivity index (χ0v) is 10.3. The van der Waals surface area contributed by atoms with Crippen molar-refractivity contribution in [3.8, 4) is 5.75 Å². The Morgan fingerprint density at radius 1 is 1.53 bits per heavy atom. The summed E-state index contributed by atoms with van der Waals surface area (Å²) in [7, 11) is 3.27. The lowest BCUT2D eigenvalue weighted by molar-refractivity contribution is 0.418. The second-order valence-electron chi connectivity index (χ2n) is 3.48. The normalized spacial score (nSPS) is 10.8. The van der Waals surface area contributed by atoms with Crippen LogP contribution >= 0.6 is 11.6 Å². The van der Waals surface area contributed by atoms with Gasteiger partial charge in [0.05, 0.1) is 19.2 Å². The second kappa shape index (κ2) is 4.73. The standard InChI is InChI=1S/C11H12ClN3O2/c1-13-6-15-10(16)7-4-3-5-8(17-2)9(7)14-11(15)12/h3-5,13H,6H2,1-2H3. The van der Waals surface area contributed by atoms with Gasteiger partial charge in [0, 0.05) is 0 Å². The van der Waals surface area contributed by atoms with Crippen LogP contribution in [0.1, 0.15) is 0 Å². The number of nitrogens with one attached hydrogen (secondary N) is 1. The summed E-state index contributed by atoms with van der Waals surface area (Å²) in [4.78, 5) is 16.3. The summed E-state index contributed by atoms with van der Waals surface area (Å²) >= 11 is 5.97. The average Bonchev–Trinajstić information content (AvgIpc) is 2.34. The van der Waals surface area contributed by atoms with Crippen LogP contribution in [0.5, 0.6) is 5.75 Å². The fraction of sp³-hybridized carbons (Fsp3) is 0.273. The Morgan fingerprint density at radius 3 is 2.94 bits per heavy atom. The summed E-state index contributed by atoms with van der Waals surface area (Å²) in [5, 5.41) is 3.50. The van der Waals surface area contributed by atoms with E-state index in [-0.39, 0.29) is 10.8 Å². The van der Waals surface area contributed by atoms with Gasteiger partial charge in [0.15, 0.2) is 0 Å². The van der Waals surface area contributed by atoms with Crippen molar-refractivity contribution >= 4 is 22.5 Å². The van der Waals surface area contributed by atoms with Gasteiger partial charge in [0.2, 0.25) is 5.28 Å². The van der Waals surface area contributed by atoms with Crippen LogP contribution in [0.4, 0.5) is 0 Å². The molecule has 0 saturated heterocycles. The maximum Gasteiger partial charge on any atom is 0.263 e. The first-order valence-electron chi connectivity index (χ1n) is 5.06. The third-order valence-corrected chi connectivity index (χ3v) is 2.73. The van der Waals surface area contributed by atoms with E-state index in [4.69, 9.17) is 16.3 Å². The highest BCUT2D eigenvalue weighted by Crippen LogP contribution is 2.22. The number of rotatable bonds is 3. The largest absolute Gasteiger partial charge is 0.494 e. The van der Waals surface area contributed by atoms with Crippen molar-refractivity contribution in [2.75, 3.05) is 14.2 Å². The molecule has 0 aliphatic rings. The number of halogens is 1. The van der Waals surface area contributed by atoms with Gasteiger partial charge in [-0.2, -0.15) is 0 Å². The molecule has 6 heteroatoms. The van der Waals surface area contributed by atoms with Gasteiger partial charge in [-0.05, 0) is 30.8 Å². The van der Waals surface area contributed by atoms with Gasteiger partial charge in [-0.1, -0.05) is 6.07 Å². The van der Waals surface area contributed by atoms with Crippen molar-refractivity contribution in [3.63, 3.8) is 0 Å². The fourth-order valence-electron chi connectivity index (χ4n) is 1.65. The van der Waals surface area contributed by atoms with Crippen LogP contribution in [-0.4, -0.2) is 23.7 Å². The zero-order valence-electron chi connectivity index (χ0n) is 9.53. The van der Waals surface area contributed by atoms with E-state index in [0.29, 0.717) is 23.3 Å². The molecule has 0 amide bonds. The maximum atomic E-state index is 12.2. The number of nitrogens with zero attached hydrogens (tertiary/aromatic N) is 2. The smallest absolute Gasteiger partial charge is 0.263 e. The van der Waals surface area contributed by atoms with Gasteiger partial charge in [0.25, 0.3) is 5.56 Å². The molecule has 0 atom stereocenters. The Hall–Kier alpha value is -1.59. The van der Waals surface area contributed by atoms with Crippen LogP contribution in [0.2, 0.25) is 5.28 Å². The van der Waals surface area contributed by atoms with Crippen LogP contribution in [0.25, 0.3) is 10.9 Å². The topological polar surface area (TPSA) is 56.1 Å². The molecule has 1 aromatic carbocycles. The van der Waals surface area contributed by atoms with Crippen LogP contribution in [0, 0.1) is 0 Å². The lowest BCUT2D eigenvalue weighted by atomic mass is 10.2. The van der Waals surface area contributed by atoms with Gasteiger partial charge in [-0.25, -0.2) is 4.98 Å². The molecule has 17 heavy (non-hydrogen) atoms. The monoisotopic (exact) mass is 253 g/mol. The molecule has 1 heterocycles. The van der Waals surface area contributed by atoms with Crippen LogP contribution in [-0.2, 0) is 6.67 Å². The minimum Gasteiger partial charge on any atom is -0.494 e. The number of fused-ring (bicyclic) bond motifs is 1. The molecule has 2 rings (SSSR count). The Bertz CT molecular complexity index is 609. The number of aromatic nitrogens is 2. The van der Waals surface area contributed by atoms with Gasteiger partial charge < -0.3 is 10.1 Å². The minimum absolute atomic E-state index is 0.140. The third kappa shape index (κ3) is 1.99. The highest BCUT2D eigenvalue weighted by atomic mass is 35.5. The number of benzene rings is 1. The van der Waals surface area contributed by atoms with Gasteiger partial charge in [-0.3, -0.25) is 9.36 Å². The molecule has 0 bridgehead atoms. The second-order valence-corrected chi connectivity index (χ2v) is 3.82. The summed E-state index contributed by atoms with van der Waals surface area (Å²) in [6.45, 7) is 0.317. The minimum atomic E-state index is -0.187. The SMILES string of the molecule is CNCn1c(Cl)nc2c(OC)cccc2c1=O. The summed E-state index contributed by atoms with van der Waals surface area (Å²) in [6.07, 6.45) is 0. The summed E-state index contributed by atoms with van der Waals surface area (Å²) in [6, 6.07) is 5.20. The van der Waals surface area contributed by atoms with E-state index in [1.165, 1.54) is 11.7 Å². The van der Waals surface area contributed by atoms with Crippen molar-refractivity contribution in [3.05, 3.63) is 33.8 Å². The van der Waals surface area contributed by atoms with E-state index >= 15 is 0 Å². The average molecular weight is 254 g/mol. The quantitative estimate of drug-likeness (QED) is 0.836. The van der Waals surface area contributed by atoms with E-state index in [1.54, 1.807) is 25.2 Å². The number of hydrogen-bond donors (Lipinski definition) is 1. The number of hydrogen-bond acceptors (Lipinski definition) is 4. The van der Waals surface area contributed by atoms with Crippen LogP contribution in [0.15, 0.2) is 23.0 Å². The molecule has 5 nitrogen and oxygen atoms in total. The molecule has 0 aliphatic carbocycles. The Labute approximate surface area is 103 Å². The molecule has 0 fully saturated rings. The Morgan fingerprint density at radius 2 is 2.29 bits per heavy atom. The highest BCUT2D eigenvalue weighted by Gasteiger charge is 2.11. The van der Waals surface area contributed by atoms with Crippen LogP contribution in [0.3, 0.4) is 0 Å². The number of para-hydroxylation sites is 1.